The first-order chi connectivity index (χ1) is 14.1. The van der Waals surface area contributed by atoms with Crippen molar-refractivity contribution in [3.05, 3.63) is 70.9 Å². The Morgan fingerprint density at radius 3 is 2.50 bits per heavy atom. The maximum atomic E-state index is 13.1. The van der Waals surface area contributed by atoms with E-state index in [0.717, 1.165) is 22.3 Å². The van der Waals surface area contributed by atoms with Gasteiger partial charge in [0, 0.05) is 17.3 Å². The van der Waals surface area contributed by atoms with Crippen molar-refractivity contribution < 1.29 is 13.2 Å². The number of fused-ring (bicyclic) bond motifs is 1. The van der Waals surface area contributed by atoms with Gasteiger partial charge in [-0.05, 0) is 35.2 Å². The molecule has 0 radical (unpaired) electrons. The highest BCUT2D eigenvalue weighted by Gasteiger charge is 2.32. The second-order valence-electron chi connectivity index (χ2n) is 8.21. The number of aromatic nitrogens is 1. The van der Waals surface area contributed by atoms with Gasteiger partial charge in [-0.2, -0.15) is 18.3 Å². The fourth-order valence-electron chi connectivity index (χ4n) is 3.27. The fourth-order valence-corrected chi connectivity index (χ4v) is 4.23. The van der Waals surface area contributed by atoms with E-state index < -0.39 is 11.7 Å². The molecule has 8 heteroatoms. The van der Waals surface area contributed by atoms with E-state index in [9.17, 15) is 13.2 Å². The van der Waals surface area contributed by atoms with Crippen LogP contribution < -0.4 is 10.7 Å². The van der Waals surface area contributed by atoms with E-state index in [-0.39, 0.29) is 5.41 Å². The number of halogens is 3. The van der Waals surface area contributed by atoms with Gasteiger partial charge in [-0.25, -0.2) is 9.99 Å². The molecule has 0 fully saturated rings. The minimum Gasteiger partial charge on any atom is -0.404 e. The van der Waals surface area contributed by atoms with Gasteiger partial charge in [-0.3, -0.25) is 0 Å². The summed E-state index contributed by atoms with van der Waals surface area (Å²) in [4.78, 5) is 4.66. The van der Waals surface area contributed by atoms with Crippen molar-refractivity contribution in [3.63, 3.8) is 0 Å². The van der Waals surface area contributed by atoms with Gasteiger partial charge in [0.1, 0.15) is 0 Å². The second-order valence-corrected chi connectivity index (χ2v) is 9.21. The molecule has 0 aliphatic carbocycles. The monoisotopic (exact) mass is 430 g/mol. The lowest BCUT2D eigenvalue weighted by atomic mass is 9.87. The molecule has 0 saturated carbocycles. The highest BCUT2D eigenvalue weighted by molar-refractivity contribution is 7.22. The lowest BCUT2D eigenvalue weighted by Crippen LogP contribution is -2.13. The maximum absolute atomic E-state index is 13.1. The summed E-state index contributed by atoms with van der Waals surface area (Å²) in [5, 5.41) is 6.92. The van der Waals surface area contributed by atoms with Gasteiger partial charge in [0.2, 0.25) is 5.13 Å². The highest BCUT2D eigenvalue weighted by atomic mass is 32.1. The molecule has 2 N–H and O–H groups in total. The zero-order valence-corrected chi connectivity index (χ0v) is 17.6. The number of thiazole rings is 1. The van der Waals surface area contributed by atoms with Gasteiger partial charge in [-0.15, -0.1) is 0 Å². The van der Waals surface area contributed by atoms with Crippen LogP contribution in [0.3, 0.4) is 0 Å². The zero-order valence-electron chi connectivity index (χ0n) is 16.8. The van der Waals surface area contributed by atoms with Gasteiger partial charge in [0.25, 0.3) is 0 Å². The molecule has 1 aliphatic heterocycles. The molecule has 3 aromatic rings. The van der Waals surface area contributed by atoms with Crippen LogP contribution >= 0.6 is 11.3 Å². The number of alkyl halides is 3. The molecule has 4 nitrogen and oxygen atoms in total. The van der Waals surface area contributed by atoms with Crippen LogP contribution in [0.4, 0.5) is 18.3 Å². The lowest BCUT2D eigenvalue weighted by Gasteiger charge is -2.18. The number of hydrogen-bond donors (Lipinski definition) is 1. The van der Waals surface area contributed by atoms with E-state index >= 15 is 0 Å². The van der Waals surface area contributed by atoms with E-state index in [2.05, 4.69) is 43.0 Å². The summed E-state index contributed by atoms with van der Waals surface area (Å²) >= 11 is 1.50. The van der Waals surface area contributed by atoms with Crippen LogP contribution in [-0.2, 0) is 11.6 Å². The largest absolute Gasteiger partial charge is 0.416 e. The third-order valence-electron chi connectivity index (χ3n) is 4.97. The van der Waals surface area contributed by atoms with Crippen molar-refractivity contribution in [1.29, 1.82) is 0 Å². The molecule has 0 saturated heterocycles. The highest BCUT2D eigenvalue weighted by Crippen LogP contribution is 2.36. The van der Waals surface area contributed by atoms with Crippen molar-refractivity contribution in [2.24, 2.45) is 10.8 Å². The smallest absolute Gasteiger partial charge is 0.404 e. The Balaban J connectivity index is 1.72. The molecular formula is C22H21F3N4S. The first-order valence-corrected chi connectivity index (χ1v) is 10.2. The summed E-state index contributed by atoms with van der Waals surface area (Å²) < 4.78 is 40.4. The average molecular weight is 430 g/mol. The molecular weight excluding hydrogens is 409 g/mol. The minimum absolute atomic E-state index is 0.0241. The van der Waals surface area contributed by atoms with Crippen molar-refractivity contribution >= 4 is 32.4 Å². The summed E-state index contributed by atoms with van der Waals surface area (Å²) in [7, 11) is 0. The third kappa shape index (κ3) is 3.79. The third-order valence-corrected chi connectivity index (χ3v) is 6.00. The van der Waals surface area contributed by atoms with Gasteiger partial charge < -0.3 is 5.73 Å². The fraction of sp³-hybridized carbons (Fsp3) is 0.273. The Morgan fingerprint density at radius 2 is 1.83 bits per heavy atom. The number of anilines is 1. The van der Waals surface area contributed by atoms with E-state index in [0.29, 0.717) is 28.5 Å². The average Bonchev–Trinajstić information content (AvgIpc) is 3.30. The van der Waals surface area contributed by atoms with Crippen LogP contribution in [0.1, 0.15) is 37.5 Å². The van der Waals surface area contributed by atoms with Crippen LogP contribution in [0.15, 0.2) is 59.3 Å². The predicted octanol–water partition coefficient (Wildman–Crippen LogP) is 5.68. The molecule has 1 aromatic heterocycles. The topological polar surface area (TPSA) is 54.5 Å². The Bertz CT molecular complexity index is 1170. The van der Waals surface area contributed by atoms with Crippen molar-refractivity contribution in [1.82, 2.24) is 4.98 Å². The van der Waals surface area contributed by atoms with Crippen LogP contribution in [0, 0.1) is 0 Å². The van der Waals surface area contributed by atoms with Crippen LogP contribution in [0.2, 0.25) is 0 Å². The SMILES string of the molecule is CC(C)(C)c1ccc2nc(N3C/C(=C/N)C(c4cccc(C(F)(F)F)c4)=N3)sc2c1. The molecule has 0 atom stereocenters. The molecule has 0 amide bonds. The van der Waals surface area contributed by atoms with Gasteiger partial charge in [0.15, 0.2) is 0 Å². The van der Waals surface area contributed by atoms with Crippen molar-refractivity contribution in [2.75, 3.05) is 11.6 Å². The predicted molar refractivity (Wildman–Crippen MR) is 116 cm³/mol. The first kappa shape index (κ1) is 20.4. The second kappa shape index (κ2) is 7.12. The number of hydrogen-bond acceptors (Lipinski definition) is 5. The Kier molecular flexibility index (Phi) is 4.85. The van der Waals surface area contributed by atoms with Crippen LogP contribution in [0.25, 0.3) is 10.2 Å². The molecule has 2 aromatic carbocycles. The van der Waals surface area contributed by atoms with Gasteiger partial charge >= 0.3 is 6.18 Å². The number of nitrogens with zero attached hydrogens (tertiary/aromatic N) is 3. The summed E-state index contributed by atoms with van der Waals surface area (Å²) in [5.74, 6) is 0. The molecule has 0 spiro atoms. The van der Waals surface area contributed by atoms with E-state index in [1.807, 2.05) is 6.07 Å². The molecule has 156 valence electrons. The molecule has 0 bridgehead atoms. The van der Waals surface area contributed by atoms with Crippen LogP contribution in [0.5, 0.6) is 0 Å². The van der Waals surface area contributed by atoms with Crippen LogP contribution in [-0.4, -0.2) is 17.2 Å². The molecule has 4 rings (SSSR count). The minimum atomic E-state index is -4.42. The number of rotatable bonds is 2. The summed E-state index contributed by atoms with van der Waals surface area (Å²) in [6.07, 6.45) is -3.02. The molecule has 0 unspecified atom stereocenters. The Morgan fingerprint density at radius 1 is 1.07 bits per heavy atom. The summed E-state index contributed by atoms with van der Waals surface area (Å²) in [6, 6.07) is 11.3. The Labute approximate surface area is 176 Å². The zero-order chi connectivity index (χ0) is 21.7. The normalized spacial score (nSPS) is 16.5. The molecule has 30 heavy (non-hydrogen) atoms. The number of hydrazone groups is 1. The van der Waals surface area contributed by atoms with Crippen molar-refractivity contribution in [2.45, 2.75) is 32.4 Å². The standard InChI is InChI=1S/C22H21F3N4S/c1-21(2,3)15-7-8-17-18(10-15)30-20(27-17)29-12-14(11-26)19(28-29)13-5-4-6-16(9-13)22(23,24)25/h4-11H,12,26H2,1-3H3/b14-11-. The number of benzene rings is 2. The maximum Gasteiger partial charge on any atom is 0.416 e. The van der Waals surface area contributed by atoms with E-state index in [4.69, 9.17) is 5.73 Å². The quantitative estimate of drug-likeness (QED) is 0.569. The van der Waals surface area contributed by atoms with Crippen molar-refractivity contribution in [3.8, 4) is 0 Å². The van der Waals surface area contributed by atoms with Gasteiger partial charge in [-0.1, -0.05) is 50.3 Å². The molecule has 1 aliphatic rings. The first-order valence-electron chi connectivity index (χ1n) is 9.42. The number of nitrogens with two attached hydrogens (primary N) is 1. The lowest BCUT2D eigenvalue weighted by molar-refractivity contribution is -0.137. The molecule has 2 heterocycles. The summed E-state index contributed by atoms with van der Waals surface area (Å²) in [5.41, 5.74) is 8.60. The van der Waals surface area contributed by atoms with E-state index in [1.165, 1.54) is 29.2 Å². The Hall–Kier alpha value is -2.87. The van der Waals surface area contributed by atoms with E-state index in [1.54, 1.807) is 11.1 Å². The van der Waals surface area contributed by atoms with Gasteiger partial charge in [0.05, 0.1) is 28.0 Å². The summed E-state index contributed by atoms with van der Waals surface area (Å²) in [6.45, 7) is 6.82.